The summed E-state index contributed by atoms with van der Waals surface area (Å²) in [5, 5.41) is 10.7. The van der Waals surface area contributed by atoms with Crippen LogP contribution >= 0.6 is 0 Å². The molecule has 0 aromatic heterocycles. The molecule has 2 atom stereocenters. The maximum absolute atomic E-state index is 3.80. The number of unbranched alkanes of at least 4 members (excludes halogenated alkanes) is 4. The lowest BCUT2D eigenvalue weighted by Crippen LogP contribution is -2.38. The van der Waals surface area contributed by atoms with Crippen molar-refractivity contribution in [1.29, 1.82) is 0 Å². The Kier molecular flexibility index (Phi) is 12.8. The van der Waals surface area contributed by atoms with Gasteiger partial charge in [0, 0.05) is 35.3 Å². The van der Waals surface area contributed by atoms with Gasteiger partial charge in [0.2, 0.25) is 0 Å². The highest BCUT2D eigenvalue weighted by Crippen LogP contribution is 2.45. The smallest absolute Gasteiger partial charge is 0.0775 e. The molecule has 2 nitrogen and oxygen atoms in total. The third-order valence-corrected chi connectivity index (χ3v) is 15.7. The van der Waals surface area contributed by atoms with Crippen molar-refractivity contribution in [1.82, 2.24) is 10.6 Å². The Hall–Kier alpha value is -2.83. The normalized spacial score (nSPS) is 19.3. The third kappa shape index (κ3) is 8.96. The first-order valence-electron chi connectivity index (χ1n) is 20.2. The second-order valence-electron chi connectivity index (χ2n) is 17.5. The summed E-state index contributed by atoms with van der Waals surface area (Å²) in [6, 6.07) is 29.8. The van der Waals surface area contributed by atoms with Gasteiger partial charge in [-0.25, -0.2) is 0 Å². The first-order chi connectivity index (χ1) is 23.9. The summed E-state index contributed by atoms with van der Waals surface area (Å²) in [5.74, 6) is 0. The van der Waals surface area contributed by atoms with Gasteiger partial charge >= 0.3 is 0 Å². The van der Waals surface area contributed by atoms with Crippen LogP contribution in [0.5, 0.6) is 0 Å². The minimum atomic E-state index is -1.42. The number of allylic oxidation sites excluding steroid dienone is 4. The first kappa shape index (κ1) is 38.4. The van der Waals surface area contributed by atoms with Gasteiger partial charge in [-0.3, -0.25) is 0 Å². The topological polar surface area (TPSA) is 24.1 Å². The lowest BCUT2D eigenvalue weighted by atomic mass is 9.66. The number of nitrogens with one attached hydrogen (secondary N) is 2. The van der Waals surface area contributed by atoms with Crippen molar-refractivity contribution in [2.24, 2.45) is 0 Å². The van der Waals surface area contributed by atoms with Gasteiger partial charge in [-0.2, -0.15) is 0 Å². The van der Waals surface area contributed by atoms with Gasteiger partial charge < -0.3 is 10.6 Å². The maximum atomic E-state index is 3.80. The highest BCUT2D eigenvalue weighted by Gasteiger charge is 2.38. The van der Waals surface area contributed by atoms with Crippen LogP contribution in [0.4, 0.5) is 0 Å². The Balaban J connectivity index is 1.76. The fourth-order valence-corrected chi connectivity index (χ4v) is 10.7. The third-order valence-electron chi connectivity index (χ3n) is 11.6. The van der Waals surface area contributed by atoms with Gasteiger partial charge in [0.1, 0.15) is 0 Å². The SMILES string of the molecule is CCCCCC(/C=C1\CCCN1)(c1ccc([Si](C)(C)C)cc1)c1cccc(C(/C=C2\CCCN2)(CCCCC)c2ccc([Si](C)(C)C)cc2)c1. The molecule has 50 heavy (non-hydrogen) atoms. The van der Waals surface area contributed by atoms with E-state index < -0.39 is 16.1 Å². The van der Waals surface area contributed by atoms with Crippen molar-refractivity contribution in [2.75, 3.05) is 13.1 Å². The lowest BCUT2D eigenvalue weighted by molar-refractivity contribution is 0.512. The monoisotopic (exact) mass is 704 g/mol. The summed E-state index contributed by atoms with van der Waals surface area (Å²) in [6.07, 6.45) is 19.7. The zero-order chi connectivity index (χ0) is 35.8. The van der Waals surface area contributed by atoms with Gasteiger partial charge in [0.05, 0.1) is 16.1 Å². The molecule has 2 fully saturated rings. The van der Waals surface area contributed by atoms with Gasteiger partial charge in [-0.05, 0) is 60.8 Å². The zero-order valence-corrected chi connectivity index (χ0v) is 35.0. The molecule has 3 aromatic rings. The Morgan fingerprint density at radius 2 is 0.940 bits per heavy atom. The summed E-state index contributed by atoms with van der Waals surface area (Å²) in [7, 11) is -2.84. The van der Waals surface area contributed by atoms with Crippen LogP contribution < -0.4 is 21.0 Å². The van der Waals surface area contributed by atoms with E-state index in [2.05, 4.69) is 149 Å². The largest absolute Gasteiger partial charge is 0.389 e. The molecule has 0 amide bonds. The van der Waals surface area contributed by atoms with Gasteiger partial charge in [-0.15, -0.1) is 0 Å². The minimum absolute atomic E-state index is 0.189. The summed E-state index contributed by atoms with van der Waals surface area (Å²) in [5.41, 5.74) is 8.26. The second kappa shape index (κ2) is 16.7. The van der Waals surface area contributed by atoms with Crippen molar-refractivity contribution in [2.45, 2.75) is 141 Å². The first-order valence-corrected chi connectivity index (χ1v) is 27.2. The van der Waals surface area contributed by atoms with E-state index >= 15 is 0 Å². The van der Waals surface area contributed by atoms with Crippen LogP contribution in [-0.4, -0.2) is 29.2 Å². The average molecular weight is 705 g/mol. The molecule has 2 aliphatic heterocycles. The van der Waals surface area contributed by atoms with E-state index in [1.54, 1.807) is 0 Å². The van der Waals surface area contributed by atoms with Gasteiger partial charge in [0.15, 0.2) is 0 Å². The van der Waals surface area contributed by atoms with Crippen molar-refractivity contribution in [3.05, 3.63) is 119 Å². The Bertz CT molecular complexity index is 1460. The molecule has 2 N–H and O–H groups in total. The predicted molar refractivity (Wildman–Crippen MR) is 226 cm³/mol. The highest BCUT2D eigenvalue weighted by atomic mass is 28.3. The standard InChI is InChI=1S/C46H68N2Si2/c1-9-11-13-30-45(35-41-20-16-32-47-41,37-22-26-43(27-23-37)49(3,4)5)39-18-15-19-40(34-39)46(31-14-12-10-2,36-42-21-17-33-48-42)38-24-28-44(29-25-38)50(6,7)8/h15,18-19,22-29,34-36,47-48H,9-14,16-17,20-21,30-33H2,1-8H3/b41-35+,42-36+. The van der Waals surface area contributed by atoms with Crippen molar-refractivity contribution in [3.63, 3.8) is 0 Å². The van der Waals surface area contributed by atoms with E-state index in [4.69, 9.17) is 0 Å². The molecule has 3 aromatic carbocycles. The van der Waals surface area contributed by atoms with Crippen LogP contribution in [-0.2, 0) is 10.8 Å². The second-order valence-corrected chi connectivity index (χ2v) is 27.6. The van der Waals surface area contributed by atoms with Crippen molar-refractivity contribution in [3.8, 4) is 0 Å². The highest BCUT2D eigenvalue weighted by molar-refractivity contribution is 6.89. The molecule has 0 saturated carbocycles. The van der Waals surface area contributed by atoms with E-state index in [-0.39, 0.29) is 10.8 Å². The molecule has 2 saturated heterocycles. The van der Waals surface area contributed by atoms with Crippen LogP contribution in [0.25, 0.3) is 0 Å². The summed E-state index contributed by atoms with van der Waals surface area (Å²) >= 11 is 0. The van der Waals surface area contributed by atoms with Crippen molar-refractivity contribution < 1.29 is 0 Å². The lowest BCUT2D eigenvalue weighted by Gasteiger charge is -2.38. The molecular formula is C46H68N2Si2. The van der Waals surface area contributed by atoms with Crippen LogP contribution in [0, 0.1) is 0 Å². The maximum Gasteiger partial charge on any atom is 0.0775 e. The molecule has 2 unspecified atom stereocenters. The summed E-state index contributed by atoms with van der Waals surface area (Å²) < 4.78 is 0. The molecular weight excluding hydrogens is 637 g/mol. The average Bonchev–Trinajstić information content (AvgIpc) is 3.82. The molecule has 270 valence electrons. The molecule has 5 rings (SSSR count). The van der Waals surface area contributed by atoms with E-state index in [9.17, 15) is 0 Å². The van der Waals surface area contributed by atoms with Crippen LogP contribution in [0.1, 0.15) is 113 Å². The molecule has 0 aliphatic carbocycles. The molecule has 2 heterocycles. The van der Waals surface area contributed by atoms with E-state index in [1.807, 2.05) is 0 Å². The van der Waals surface area contributed by atoms with E-state index in [1.165, 1.54) is 95.4 Å². The van der Waals surface area contributed by atoms with Gasteiger partial charge in [0.25, 0.3) is 0 Å². The number of benzene rings is 3. The van der Waals surface area contributed by atoms with E-state index in [0.29, 0.717) is 0 Å². The minimum Gasteiger partial charge on any atom is -0.389 e. The summed E-state index contributed by atoms with van der Waals surface area (Å²) in [4.78, 5) is 0. The summed E-state index contributed by atoms with van der Waals surface area (Å²) in [6.45, 7) is 21.6. The number of hydrogen-bond acceptors (Lipinski definition) is 2. The fourth-order valence-electron chi connectivity index (χ4n) is 8.38. The fraction of sp³-hybridized carbons (Fsp3) is 0.522. The zero-order valence-electron chi connectivity index (χ0n) is 33.0. The Morgan fingerprint density at radius 1 is 0.540 bits per heavy atom. The van der Waals surface area contributed by atoms with Crippen LogP contribution in [0.3, 0.4) is 0 Å². The quantitative estimate of drug-likeness (QED) is 0.115. The van der Waals surface area contributed by atoms with Crippen LogP contribution in [0.15, 0.2) is 96.3 Å². The van der Waals surface area contributed by atoms with Crippen molar-refractivity contribution >= 4 is 26.5 Å². The predicted octanol–water partition coefficient (Wildman–Crippen LogP) is 11.0. The van der Waals surface area contributed by atoms with Gasteiger partial charge in [-0.1, -0.05) is 187 Å². The molecule has 0 spiro atoms. The number of hydrogen-bond donors (Lipinski definition) is 2. The number of rotatable bonds is 16. The molecule has 4 heteroatoms. The van der Waals surface area contributed by atoms with Crippen LogP contribution in [0.2, 0.25) is 39.3 Å². The Morgan fingerprint density at radius 3 is 1.26 bits per heavy atom. The Labute approximate surface area is 308 Å². The molecule has 2 aliphatic rings. The van der Waals surface area contributed by atoms with E-state index in [0.717, 1.165) is 38.8 Å². The molecule has 0 bridgehead atoms. The molecule has 0 radical (unpaired) electrons.